The summed E-state index contributed by atoms with van der Waals surface area (Å²) < 4.78 is 25.9. The van der Waals surface area contributed by atoms with E-state index in [4.69, 9.17) is 10.1 Å². The monoisotopic (exact) mass is 141 g/mol. The van der Waals surface area contributed by atoms with E-state index in [9.17, 15) is 8.42 Å². The Morgan fingerprint density at radius 3 is 1.75 bits per heavy atom. The number of nitrogens with two attached hydrogens (primary N) is 1. The van der Waals surface area contributed by atoms with Crippen LogP contribution in [0, 0.1) is 5.53 Å². The minimum Gasteiger partial charge on any atom is -0.305 e. The summed E-state index contributed by atoms with van der Waals surface area (Å²) in [5, 5.41) is 2.25. The first-order valence-corrected chi connectivity index (χ1v) is 3.25. The molecule has 0 spiro atoms. The predicted octanol–water partition coefficient (Wildman–Crippen LogP) is -0.605. The lowest BCUT2D eigenvalue weighted by atomic mass is 12.0. The van der Waals surface area contributed by atoms with Crippen LogP contribution in [0.1, 0.15) is 0 Å². The molecule has 0 aliphatic heterocycles. The Labute approximate surface area is 46.9 Å². The van der Waals surface area contributed by atoms with Gasteiger partial charge < -0.3 is 5.84 Å². The number of nitrogens with one attached hydrogen (secondary N) is 1. The van der Waals surface area contributed by atoms with E-state index >= 15 is 0 Å². The van der Waals surface area contributed by atoms with E-state index in [0.29, 0.717) is 6.26 Å². The van der Waals surface area contributed by atoms with E-state index in [1.807, 2.05) is 0 Å². The Bertz CT molecular complexity index is 129. The number of hydrogen-bond donors (Lipinski definition) is 3. The van der Waals surface area contributed by atoms with Crippen LogP contribution in [0.25, 0.3) is 0 Å². The van der Waals surface area contributed by atoms with E-state index in [0.717, 1.165) is 0 Å². The summed E-state index contributed by atoms with van der Waals surface area (Å²) >= 11 is 0. The summed E-state index contributed by atoms with van der Waals surface area (Å²) in [5.41, 5.74) is 5.61. The fraction of sp³-hybridized carbons (Fsp3) is 1.00. The number of nitrogens with zero attached hydrogens (tertiary/aromatic N) is 1. The summed E-state index contributed by atoms with van der Waals surface area (Å²) in [6.07, 6.45) is 0.715. The molecule has 0 aliphatic rings. The summed E-state index contributed by atoms with van der Waals surface area (Å²) in [5.74, 6) is 4.14. The lowest BCUT2D eigenvalue weighted by molar-refractivity contribution is 0.490. The van der Waals surface area contributed by atoms with E-state index in [2.05, 4.69) is 11.1 Å². The van der Waals surface area contributed by atoms with Crippen molar-refractivity contribution < 1.29 is 13.0 Å². The Morgan fingerprint density at radius 2 is 1.75 bits per heavy atom. The Kier molecular flexibility index (Phi) is 5.77. The van der Waals surface area contributed by atoms with Crippen molar-refractivity contribution in [3.8, 4) is 0 Å². The quantitative estimate of drug-likeness (QED) is 0.180. The zero-order valence-corrected chi connectivity index (χ0v) is 5.01. The van der Waals surface area contributed by atoms with Gasteiger partial charge in [-0.2, -0.15) is 13.9 Å². The van der Waals surface area contributed by atoms with Crippen molar-refractivity contribution >= 4 is 10.1 Å². The molecule has 0 radical (unpaired) electrons. The highest BCUT2D eigenvalue weighted by atomic mass is 32.2. The van der Waals surface area contributed by atoms with Gasteiger partial charge in [-0.25, -0.2) is 0 Å². The molecule has 0 aromatic heterocycles. The van der Waals surface area contributed by atoms with Gasteiger partial charge in [0.05, 0.1) is 6.26 Å². The third kappa shape index (κ3) is 207. The van der Waals surface area contributed by atoms with Gasteiger partial charge in [0.2, 0.25) is 0 Å². The van der Waals surface area contributed by atoms with Crippen LogP contribution in [0.5, 0.6) is 0 Å². The second-order valence-electron chi connectivity index (χ2n) is 0.862. The Hall–Kier alpha value is -0.690. The average molecular weight is 141 g/mol. The normalized spacial score (nSPS) is 8.75. The molecule has 4 N–H and O–H groups in total. The molecule has 0 aliphatic carbocycles. The van der Waals surface area contributed by atoms with Crippen molar-refractivity contribution in [2.75, 3.05) is 6.26 Å². The zero-order chi connectivity index (χ0) is 7.21. The molecule has 0 saturated heterocycles. The van der Waals surface area contributed by atoms with Crippen molar-refractivity contribution in [3.05, 3.63) is 0 Å². The van der Waals surface area contributed by atoms with Gasteiger partial charge in [-0.05, 0) is 0 Å². The topological polar surface area (TPSA) is 117 Å². The smallest absolute Gasteiger partial charge is 0.261 e. The first-order valence-electron chi connectivity index (χ1n) is 1.41. The molecule has 0 fully saturated rings. The number of hydrogen-bond acceptors (Lipinski definition) is 4. The SMILES string of the molecule is CS(=O)(=O)O.N=NN. The Morgan fingerprint density at radius 1 is 1.75 bits per heavy atom. The van der Waals surface area contributed by atoms with E-state index < -0.39 is 10.1 Å². The molecule has 0 aromatic carbocycles. The van der Waals surface area contributed by atoms with Crippen molar-refractivity contribution in [1.82, 2.24) is 0 Å². The lowest BCUT2D eigenvalue weighted by Gasteiger charge is -1.69. The van der Waals surface area contributed by atoms with Crippen molar-refractivity contribution in [2.24, 2.45) is 11.1 Å². The molecule has 0 rings (SSSR count). The highest BCUT2D eigenvalue weighted by Gasteiger charge is 1.81. The minimum absolute atomic E-state index is 0.715. The van der Waals surface area contributed by atoms with Gasteiger partial charge in [-0.3, -0.25) is 4.55 Å². The second kappa shape index (κ2) is 4.47. The molecular weight excluding hydrogens is 134 g/mol. The molecule has 50 valence electrons. The van der Waals surface area contributed by atoms with Gasteiger partial charge in [0.25, 0.3) is 10.1 Å². The predicted molar refractivity (Wildman–Crippen MR) is 26.8 cm³/mol. The van der Waals surface area contributed by atoms with Crippen LogP contribution in [0.15, 0.2) is 5.22 Å². The van der Waals surface area contributed by atoms with Crippen LogP contribution in [0.2, 0.25) is 0 Å². The summed E-state index contributed by atoms with van der Waals surface area (Å²) in [6.45, 7) is 0. The fourth-order valence-corrected chi connectivity index (χ4v) is 0. The van der Waals surface area contributed by atoms with E-state index in [1.165, 1.54) is 0 Å². The third-order valence-corrected chi connectivity index (χ3v) is 0. The van der Waals surface area contributed by atoms with E-state index in [1.54, 1.807) is 0 Å². The van der Waals surface area contributed by atoms with Gasteiger partial charge in [0, 0.05) is 0 Å². The molecule has 0 saturated carbocycles. The van der Waals surface area contributed by atoms with Crippen molar-refractivity contribution in [1.29, 1.82) is 5.53 Å². The highest BCUT2D eigenvalue weighted by Crippen LogP contribution is 1.60. The molecule has 6 nitrogen and oxygen atoms in total. The standard InChI is InChI=1S/CH4O3S.H3N3/c1-5(2,3)4;1-3-2/h1H3,(H,2,3,4);(H3,1,2). The summed E-state index contributed by atoms with van der Waals surface area (Å²) in [7, 11) is -3.67. The third-order valence-electron chi connectivity index (χ3n) is 0. The average Bonchev–Trinajstić information content (AvgIpc) is 1.27. The Balaban J connectivity index is 0. The molecule has 0 unspecified atom stereocenters. The summed E-state index contributed by atoms with van der Waals surface area (Å²) in [4.78, 5) is 0. The maximum Gasteiger partial charge on any atom is 0.261 e. The number of rotatable bonds is 0. The van der Waals surface area contributed by atoms with Gasteiger partial charge >= 0.3 is 0 Å². The van der Waals surface area contributed by atoms with Gasteiger partial charge in [-0.15, -0.1) is 0 Å². The maximum absolute atomic E-state index is 9.19. The van der Waals surface area contributed by atoms with Crippen LogP contribution >= 0.6 is 0 Å². The largest absolute Gasteiger partial charge is 0.305 e. The van der Waals surface area contributed by atoms with Crippen molar-refractivity contribution in [2.45, 2.75) is 0 Å². The zero-order valence-electron chi connectivity index (χ0n) is 4.20. The summed E-state index contributed by atoms with van der Waals surface area (Å²) in [6, 6.07) is 0. The van der Waals surface area contributed by atoms with Gasteiger partial charge in [-0.1, -0.05) is 5.22 Å². The molecular formula is CH7N3O3S. The van der Waals surface area contributed by atoms with Crippen LogP contribution in [-0.4, -0.2) is 19.2 Å². The molecule has 0 heterocycles. The van der Waals surface area contributed by atoms with Crippen molar-refractivity contribution in [3.63, 3.8) is 0 Å². The van der Waals surface area contributed by atoms with Crippen LogP contribution < -0.4 is 5.84 Å². The van der Waals surface area contributed by atoms with Gasteiger partial charge in [0.1, 0.15) is 0 Å². The maximum atomic E-state index is 9.19. The first kappa shape index (κ1) is 10.3. The van der Waals surface area contributed by atoms with E-state index in [-0.39, 0.29) is 0 Å². The van der Waals surface area contributed by atoms with Gasteiger partial charge in [0.15, 0.2) is 0 Å². The highest BCUT2D eigenvalue weighted by molar-refractivity contribution is 7.85. The molecule has 0 bridgehead atoms. The molecule has 7 heteroatoms. The molecule has 8 heavy (non-hydrogen) atoms. The first-order chi connectivity index (χ1) is 3.41. The van der Waals surface area contributed by atoms with Crippen LogP contribution in [0.3, 0.4) is 0 Å². The fourth-order valence-electron chi connectivity index (χ4n) is 0. The van der Waals surface area contributed by atoms with Crippen LogP contribution in [-0.2, 0) is 10.1 Å². The molecule has 0 aromatic rings. The van der Waals surface area contributed by atoms with Crippen LogP contribution in [0.4, 0.5) is 0 Å². The molecule has 0 amide bonds. The minimum atomic E-state index is -3.67. The molecule has 0 atom stereocenters. The second-order valence-corrected chi connectivity index (χ2v) is 2.33. The lowest BCUT2D eigenvalue weighted by Crippen LogP contribution is -1.88.